The van der Waals surface area contributed by atoms with Crippen LogP contribution in [0.4, 0.5) is 10.3 Å². The number of hydrogen-bond acceptors (Lipinski definition) is 4. The summed E-state index contributed by atoms with van der Waals surface area (Å²) in [6.07, 6.45) is 0. The highest BCUT2D eigenvalue weighted by atomic mass is 19.1. The van der Waals surface area contributed by atoms with Crippen molar-refractivity contribution >= 4 is 5.95 Å². The van der Waals surface area contributed by atoms with Crippen molar-refractivity contribution in [1.82, 2.24) is 9.97 Å². The fraction of sp³-hybridized carbons (Fsp3) is 0.167. The minimum absolute atomic E-state index is 0.116. The zero-order valence-corrected chi connectivity index (χ0v) is 9.57. The highest BCUT2D eigenvalue weighted by molar-refractivity contribution is 5.68. The van der Waals surface area contributed by atoms with E-state index in [-0.39, 0.29) is 5.95 Å². The van der Waals surface area contributed by atoms with E-state index in [9.17, 15) is 4.39 Å². The molecule has 5 heteroatoms. The summed E-state index contributed by atoms with van der Waals surface area (Å²) >= 11 is 0. The molecule has 0 unspecified atom stereocenters. The number of ether oxygens (including phenoxy) is 1. The van der Waals surface area contributed by atoms with Crippen LogP contribution < -0.4 is 10.5 Å². The second kappa shape index (κ2) is 4.37. The van der Waals surface area contributed by atoms with Crippen molar-refractivity contribution in [2.75, 3.05) is 12.8 Å². The Labute approximate surface area is 98.3 Å². The Morgan fingerprint density at radius 2 is 2.06 bits per heavy atom. The van der Waals surface area contributed by atoms with Gasteiger partial charge in [-0.05, 0) is 25.1 Å². The van der Waals surface area contributed by atoms with Crippen molar-refractivity contribution in [2.24, 2.45) is 0 Å². The molecule has 0 aliphatic carbocycles. The van der Waals surface area contributed by atoms with Crippen LogP contribution in [-0.2, 0) is 0 Å². The predicted octanol–water partition coefficient (Wildman–Crippen LogP) is 2.18. The molecule has 2 aromatic rings. The second-order valence-corrected chi connectivity index (χ2v) is 3.57. The standard InChI is InChI=1S/C12H12FN3O/c1-7-6-9(16-12(14)15-7)11-8(13)4-3-5-10(11)17-2/h3-6H,1-2H3,(H2,14,15,16). The van der Waals surface area contributed by atoms with Crippen LogP contribution in [0.15, 0.2) is 24.3 Å². The molecule has 0 radical (unpaired) electrons. The van der Waals surface area contributed by atoms with Crippen molar-refractivity contribution in [3.05, 3.63) is 35.8 Å². The summed E-state index contributed by atoms with van der Waals surface area (Å²) in [5.74, 6) is 0.134. The smallest absolute Gasteiger partial charge is 0.220 e. The van der Waals surface area contributed by atoms with Gasteiger partial charge in [0.15, 0.2) is 0 Å². The minimum atomic E-state index is -0.401. The van der Waals surface area contributed by atoms with E-state index in [4.69, 9.17) is 10.5 Å². The van der Waals surface area contributed by atoms with Crippen LogP contribution >= 0.6 is 0 Å². The summed E-state index contributed by atoms with van der Waals surface area (Å²) in [4.78, 5) is 7.97. The monoisotopic (exact) mass is 233 g/mol. The Hall–Kier alpha value is -2.17. The zero-order chi connectivity index (χ0) is 12.4. The van der Waals surface area contributed by atoms with Gasteiger partial charge in [0.1, 0.15) is 11.6 Å². The van der Waals surface area contributed by atoms with Crippen molar-refractivity contribution in [3.63, 3.8) is 0 Å². The molecule has 0 fully saturated rings. The van der Waals surface area contributed by atoms with Crippen LogP contribution in [0.2, 0.25) is 0 Å². The molecule has 0 aliphatic rings. The van der Waals surface area contributed by atoms with Gasteiger partial charge in [-0.2, -0.15) is 0 Å². The normalized spacial score (nSPS) is 10.3. The number of nitrogens with two attached hydrogens (primary N) is 1. The molecule has 0 saturated carbocycles. The average molecular weight is 233 g/mol. The van der Waals surface area contributed by atoms with E-state index in [1.54, 1.807) is 25.1 Å². The van der Waals surface area contributed by atoms with Gasteiger partial charge in [0.25, 0.3) is 0 Å². The van der Waals surface area contributed by atoms with Gasteiger partial charge in [-0.3, -0.25) is 0 Å². The Morgan fingerprint density at radius 1 is 1.29 bits per heavy atom. The number of hydrogen-bond donors (Lipinski definition) is 1. The topological polar surface area (TPSA) is 61.0 Å². The van der Waals surface area contributed by atoms with Crippen LogP contribution in [0.5, 0.6) is 5.75 Å². The molecule has 0 saturated heterocycles. The molecule has 1 aromatic carbocycles. The van der Waals surface area contributed by atoms with Crippen molar-refractivity contribution in [3.8, 4) is 17.0 Å². The lowest BCUT2D eigenvalue weighted by molar-refractivity contribution is 0.413. The molecular weight excluding hydrogens is 221 g/mol. The Kier molecular flexibility index (Phi) is 2.91. The first-order valence-corrected chi connectivity index (χ1v) is 5.06. The molecule has 0 bridgehead atoms. The van der Waals surface area contributed by atoms with Crippen molar-refractivity contribution in [2.45, 2.75) is 6.92 Å². The number of aryl methyl sites for hydroxylation is 1. The van der Waals surface area contributed by atoms with E-state index >= 15 is 0 Å². The van der Waals surface area contributed by atoms with E-state index < -0.39 is 5.82 Å². The van der Waals surface area contributed by atoms with E-state index in [0.717, 1.165) is 0 Å². The minimum Gasteiger partial charge on any atom is -0.496 e. The quantitative estimate of drug-likeness (QED) is 0.863. The van der Waals surface area contributed by atoms with E-state index in [1.807, 2.05) is 0 Å². The highest BCUT2D eigenvalue weighted by Crippen LogP contribution is 2.31. The van der Waals surface area contributed by atoms with Crippen molar-refractivity contribution < 1.29 is 9.13 Å². The number of benzene rings is 1. The SMILES string of the molecule is COc1cccc(F)c1-c1cc(C)nc(N)n1. The maximum absolute atomic E-state index is 13.8. The number of halogens is 1. The van der Waals surface area contributed by atoms with Crippen LogP contribution in [0, 0.1) is 12.7 Å². The number of methoxy groups -OCH3 is 1. The highest BCUT2D eigenvalue weighted by Gasteiger charge is 2.13. The molecule has 4 nitrogen and oxygen atoms in total. The van der Waals surface area contributed by atoms with E-state index in [2.05, 4.69) is 9.97 Å². The molecular formula is C12H12FN3O. The fourth-order valence-corrected chi connectivity index (χ4v) is 1.64. The van der Waals surface area contributed by atoms with Crippen LogP contribution in [0.25, 0.3) is 11.3 Å². The third-order valence-corrected chi connectivity index (χ3v) is 2.32. The van der Waals surface area contributed by atoms with Gasteiger partial charge in [0.2, 0.25) is 5.95 Å². The third kappa shape index (κ3) is 2.18. The molecule has 2 N–H and O–H groups in total. The summed E-state index contributed by atoms with van der Waals surface area (Å²) < 4.78 is 18.9. The van der Waals surface area contributed by atoms with E-state index in [0.29, 0.717) is 22.7 Å². The molecule has 17 heavy (non-hydrogen) atoms. The van der Waals surface area contributed by atoms with Gasteiger partial charge in [0.05, 0.1) is 18.4 Å². The first kappa shape index (κ1) is 11.3. The number of nitrogens with zero attached hydrogens (tertiary/aromatic N) is 2. The lowest BCUT2D eigenvalue weighted by atomic mass is 10.1. The molecule has 1 heterocycles. The first-order valence-electron chi connectivity index (χ1n) is 5.06. The van der Waals surface area contributed by atoms with Gasteiger partial charge >= 0.3 is 0 Å². The molecule has 1 aromatic heterocycles. The number of rotatable bonds is 2. The van der Waals surface area contributed by atoms with Crippen LogP contribution in [-0.4, -0.2) is 17.1 Å². The molecule has 2 rings (SSSR count). The second-order valence-electron chi connectivity index (χ2n) is 3.57. The van der Waals surface area contributed by atoms with Gasteiger partial charge < -0.3 is 10.5 Å². The van der Waals surface area contributed by atoms with E-state index in [1.165, 1.54) is 13.2 Å². The van der Waals surface area contributed by atoms with Gasteiger partial charge in [-0.1, -0.05) is 6.07 Å². The summed E-state index contributed by atoms with van der Waals surface area (Å²) in [7, 11) is 1.48. The average Bonchev–Trinajstić information content (AvgIpc) is 2.27. The Balaban J connectivity index is 2.67. The summed E-state index contributed by atoms with van der Waals surface area (Å²) in [6.45, 7) is 1.77. The molecule has 0 aliphatic heterocycles. The Bertz CT molecular complexity index is 537. The van der Waals surface area contributed by atoms with Gasteiger partial charge in [0, 0.05) is 5.69 Å². The third-order valence-electron chi connectivity index (χ3n) is 2.32. The van der Waals surface area contributed by atoms with Gasteiger partial charge in [-0.15, -0.1) is 0 Å². The van der Waals surface area contributed by atoms with Crippen LogP contribution in [0.1, 0.15) is 5.69 Å². The Morgan fingerprint density at radius 3 is 2.71 bits per heavy atom. The molecule has 0 atom stereocenters. The summed E-state index contributed by atoms with van der Waals surface area (Å²) in [6, 6.07) is 6.27. The number of aromatic nitrogens is 2. The fourth-order valence-electron chi connectivity index (χ4n) is 1.64. The lowest BCUT2D eigenvalue weighted by Crippen LogP contribution is -2.00. The summed E-state index contributed by atoms with van der Waals surface area (Å²) in [5.41, 5.74) is 6.95. The van der Waals surface area contributed by atoms with Crippen molar-refractivity contribution in [1.29, 1.82) is 0 Å². The molecule has 0 amide bonds. The van der Waals surface area contributed by atoms with Gasteiger partial charge in [-0.25, -0.2) is 14.4 Å². The maximum Gasteiger partial charge on any atom is 0.220 e. The number of anilines is 1. The molecule has 0 spiro atoms. The zero-order valence-electron chi connectivity index (χ0n) is 9.57. The molecule has 88 valence electrons. The number of nitrogen functional groups attached to an aromatic ring is 1. The summed E-state index contributed by atoms with van der Waals surface area (Å²) in [5, 5.41) is 0. The first-order chi connectivity index (χ1) is 8.11. The predicted molar refractivity (Wildman–Crippen MR) is 63.1 cm³/mol. The largest absolute Gasteiger partial charge is 0.496 e. The van der Waals surface area contributed by atoms with Crippen LogP contribution in [0.3, 0.4) is 0 Å². The maximum atomic E-state index is 13.8. The lowest BCUT2D eigenvalue weighted by Gasteiger charge is -2.09.